The van der Waals surface area contributed by atoms with Gasteiger partial charge in [0, 0.05) is 33.7 Å². The van der Waals surface area contributed by atoms with Gasteiger partial charge in [0.05, 0.1) is 64.2 Å². The smallest absolute Gasteiger partial charge is 0.319 e. The third-order valence-electron chi connectivity index (χ3n) is 7.35. The van der Waals surface area contributed by atoms with E-state index in [1.165, 1.54) is 39.7 Å². The number of methoxy groups -OCH3 is 4. The van der Waals surface area contributed by atoms with Gasteiger partial charge in [-0.25, -0.2) is 16.8 Å². The lowest BCUT2D eigenvalue weighted by Crippen LogP contribution is -2.37. The number of nitrogens with zero attached hydrogens (tertiary/aromatic N) is 3. The summed E-state index contributed by atoms with van der Waals surface area (Å²) in [6.07, 6.45) is 0.916. The number of benzene rings is 2. The predicted molar refractivity (Wildman–Crippen MR) is 208 cm³/mol. The van der Waals surface area contributed by atoms with E-state index in [9.17, 15) is 34.8 Å². The first-order valence-corrected chi connectivity index (χ1v) is 20.7. The molecule has 0 aromatic heterocycles. The van der Waals surface area contributed by atoms with E-state index >= 15 is 0 Å². The molecule has 21 heteroatoms. The van der Waals surface area contributed by atoms with Crippen LogP contribution >= 0.6 is 12.4 Å². The number of sulfonamides is 2. The molecule has 0 fully saturated rings. The first kappa shape index (κ1) is 53.0. The molecule has 0 amide bonds. The molecule has 0 saturated carbocycles. The predicted octanol–water partition coefficient (Wildman–Crippen LogP) is 1.75. The lowest BCUT2D eigenvalue weighted by Gasteiger charge is -2.23. The van der Waals surface area contributed by atoms with Gasteiger partial charge >= 0.3 is 11.9 Å². The van der Waals surface area contributed by atoms with Gasteiger partial charge in [-0.15, -0.1) is 12.4 Å². The molecule has 0 aliphatic carbocycles. The number of ether oxygens (including phenoxy) is 4. The minimum atomic E-state index is -3.74. The van der Waals surface area contributed by atoms with E-state index in [0.717, 1.165) is 10.6 Å². The molecular formula is C33H57ClN4O13S3. The summed E-state index contributed by atoms with van der Waals surface area (Å²) in [5, 5.41) is 2.64. The molecule has 0 aliphatic heterocycles. The molecule has 0 radical (unpaired) electrons. The Hall–Kier alpha value is -3.08. The molecule has 0 saturated heterocycles. The number of esters is 2. The van der Waals surface area contributed by atoms with Crippen LogP contribution in [-0.2, 0) is 53.4 Å². The van der Waals surface area contributed by atoms with Crippen molar-refractivity contribution in [3.63, 3.8) is 0 Å². The van der Waals surface area contributed by atoms with Crippen LogP contribution in [-0.4, -0.2) is 153 Å². The molecular weight excluding hydrogens is 792 g/mol. The quantitative estimate of drug-likeness (QED) is 0.178. The molecule has 0 unspecified atom stereocenters. The van der Waals surface area contributed by atoms with Crippen LogP contribution in [0.25, 0.3) is 0 Å². The summed E-state index contributed by atoms with van der Waals surface area (Å²) < 4.78 is 98.8. The summed E-state index contributed by atoms with van der Waals surface area (Å²) in [6, 6.07) is 6.69. The zero-order valence-electron chi connectivity index (χ0n) is 33.3. The second kappa shape index (κ2) is 24.4. The molecule has 0 aliphatic rings. The van der Waals surface area contributed by atoms with E-state index in [2.05, 4.69) is 19.0 Å². The fourth-order valence-corrected chi connectivity index (χ4v) is 8.13. The minimum absolute atomic E-state index is 0. The van der Waals surface area contributed by atoms with Crippen molar-refractivity contribution in [3.05, 3.63) is 46.5 Å². The van der Waals surface area contributed by atoms with Gasteiger partial charge in [0.2, 0.25) is 20.0 Å². The first-order valence-electron chi connectivity index (χ1n) is 16.0. The van der Waals surface area contributed by atoms with Crippen molar-refractivity contribution in [2.45, 2.75) is 37.5 Å². The summed E-state index contributed by atoms with van der Waals surface area (Å²) >= 11 is 0. The maximum absolute atomic E-state index is 12.8. The number of aryl methyl sites for hydroxylation is 4. The van der Waals surface area contributed by atoms with Crippen LogP contribution in [0.4, 0.5) is 0 Å². The van der Waals surface area contributed by atoms with Crippen molar-refractivity contribution in [3.8, 4) is 11.5 Å². The van der Waals surface area contributed by atoms with Gasteiger partial charge in [-0.1, -0.05) is 0 Å². The number of rotatable bonds is 17. The van der Waals surface area contributed by atoms with E-state index in [4.69, 9.17) is 9.47 Å². The van der Waals surface area contributed by atoms with E-state index in [1.807, 2.05) is 0 Å². The fourth-order valence-electron chi connectivity index (χ4n) is 4.63. The molecule has 1 N–H and O–H groups in total. The van der Waals surface area contributed by atoms with E-state index in [-0.39, 0.29) is 62.0 Å². The van der Waals surface area contributed by atoms with Gasteiger partial charge in [-0.2, -0.15) is 17.0 Å². The molecule has 0 spiro atoms. The number of nitrogens with one attached hydrogen (secondary N) is 1. The Morgan fingerprint density at radius 1 is 0.648 bits per heavy atom. The van der Waals surface area contributed by atoms with Crippen LogP contribution in [0.5, 0.6) is 11.5 Å². The summed E-state index contributed by atoms with van der Waals surface area (Å²) in [7, 11) is 1.13. The van der Waals surface area contributed by atoms with Crippen LogP contribution in [0.15, 0.2) is 34.1 Å². The Kier molecular flexibility index (Phi) is 24.0. The highest BCUT2D eigenvalue weighted by Gasteiger charge is 2.27. The van der Waals surface area contributed by atoms with E-state index < -0.39 is 30.2 Å². The Morgan fingerprint density at radius 2 is 1.02 bits per heavy atom. The minimum Gasteiger partial charge on any atom is -0.497 e. The largest absolute Gasteiger partial charge is 0.497 e. The van der Waals surface area contributed by atoms with Crippen molar-refractivity contribution < 1.29 is 58.0 Å². The molecule has 2 rings (SSSR count). The standard InChI is InChI=1S/C16H26N2O5S.C13H21NO6S2.C4H9NO2.ClH/c1-12-9-14(22-5)10-13(2)16(12)24(20,21)18(4)8-7-17(3)11-15(19)23-6;1-10-8-12(19-4)9-11(2)13(10)22(17,18)14(3)6-7-20-21(5,15)16;1-5-3-4(6)7-2;/h9-10H,7-8,11H2,1-6H3;8-9H,6-7H2,1-5H3;5H,3H2,1-2H3;1H. The Labute approximate surface area is 327 Å². The zero-order chi connectivity index (χ0) is 41.3. The van der Waals surface area contributed by atoms with Crippen molar-refractivity contribution in [1.29, 1.82) is 0 Å². The van der Waals surface area contributed by atoms with E-state index in [0.29, 0.717) is 45.2 Å². The van der Waals surface area contributed by atoms with Crippen molar-refractivity contribution in [2.75, 3.05) is 102 Å². The second-order valence-electron chi connectivity index (χ2n) is 11.8. The third-order valence-corrected chi connectivity index (χ3v) is 12.3. The Morgan fingerprint density at radius 3 is 1.31 bits per heavy atom. The van der Waals surface area contributed by atoms with Gasteiger partial charge in [0.15, 0.2) is 0 Å². The summed E-state index contributed by atoms with van der Waals surface area (Å²) in [5.41, 5.74) is 2.41. The number of halogens is 1. The third kappa shape index (κ3) is 17.6. The lowest BCUT2D eigenvalue weighted by molar-refractivity contribution is -0.141. The zero-order valence-corrected chi connectivity index (χ0v) is 36.6. The molecule has 2 aromatic carbocycles. The van der Waals surface area contributed by atoms with Crippen LogP contribution in [0.2, 0.25) is 0 Å². The van der Waals surface area contributed by atoms with Crippen LogP contribution in [0.1, 0.15) is 22.3 Å². The normalized spacial score (nSPS) is 11.5. The first-order chi connectivity index (χ1) is 24.4. The average molecular weight is 849 g/mol. The summed E-state index contributed by atoms with van der Waals surface area (Å²) in [6.45, 7) is 7.65. The van der Waals surface area contributed by atoms with Crippen molar-refractivity contribution in [1.82, 2.24) is 18.8 Å². The SMILES string of the molecule is CNCC(=O)OC.COC(=O)CN(C)CCN(C)S(=O)(=O)c1c(C)cc(OC)cc1C.COc1cc(C)c(S(=O)(=O)N(C)CCOS(C)(=O)=O)c(C)c1.Cl. The van der Waals surface area contributed by atoms with Gasteiger partial charge in [0.1, 0.15) is 11.5 Å². The molecule has 312 valence electrons. The lowest BCUT2D eigenvalue weighted by atomic mass is 10.1. The summed E-state index contributed by atoms with van der Waals surface area (Å²) in [5.74, 6) is 0.619. The van der Waals surface area contributed by atoms with Gasteiger partial charge in [-0.05, 0) is 88.3 Å². The Balaban J connectivity index is 0. The maximum Gasteiger partial charge on any atom is 0.319 e. The topological polar surface area (TPSA) is 204 Å². The van der Waals surface area contributed by atoms with Crippen molar-refractivity contribution in [2.24, 2.45) is 0 Å². The highest BCUT2D eigenvalue weighted by atomic mass is 35.5. The number of hydrogen-bond acceptors (Lipinski definition) is 15. The van der Waals surface area contributed by atoms with Gasteiger partial charge in [-0.3, -0.25) is 18.7 Å². The number of carbonyl (C=O) groups is 2. The second-order valence-corrected chi connectivity index (χ2v) is 17.4. The highest BCUT2D eigenvalue weighted by Crippen LogP contribution is 2.29. The average Bonchev–Trinajstić information content (AvgIpc) is 3.05. The molecule has 2 aromatic rings. The number of likely N-dealkylation sites (N-methyl/N-ethyl adjacent to an activating group) is 4. The monoisotopic (exact) mass is 848 g/mol. The number of carbonyl (C=O) groups excluding carboxylic acids is 2. The Bertz CT molecular complexity index is 1800. The van der Waals surface area contributed by atoms with Gasteiger partial charge in [0.25, 0.3) is 10.1 Å². The van der Waals surface area contributed by atoms with Crippen molar-refractivity contribution >= 4 is 54.5 Å². The molecule has 0 bridgehead atoms. The summed E-state index contributed by atoms with van der Waals surface area (Å²) in [4.78, 5) is 23.6. The van der Waals surface area contributed by atoms with Crippen LogP contribution in [0.3, 0.4) is 0 Å². The molecule has 0 heterocycles. The molecule has 0 atom stereocenters. The molecule has 54 heavy (non-hydrogen) atoms. The maximum atomic E-state index is 12.8. The van der Waals surface area contributed by atoms with Gasteiger partial charge < -0.3 is 24.3 Å². The van der Waals surface area contributed by atoms with Crippen LogP contribution < -0.4 is 14.8 Å². The molecule has 17 nitrogen and oxygen atoms in total. The van der Waals surface area contributed by atoms with Crippen LogP contribution in [0, 0.1) is 27.7 Å². The van der Waals surface area contributed by atoms with E-state index in [1.54, 1.807) is 78.1 Å². The fraction of sp³-hybridized carbons (Fsp3) is 0.576. The highest BCUT2D eigenvalue weighted by molar-refractivity contribution is 7.89. The number of hydrogen-bond donors (Lipinski definition) is 1.